The van der Waals surface area contributed by atoms with Crippen molar-refractivity contribution in [1.29, 1.82) is 5.26 Å². The topological polar surface area (TPSA) is 76.9 Å². The smallest absolute Gasteiger partial charge is 0.227 e. The maximum Gasteiger partial charge on any atom is 0.227 e. The van der Waals surface area contributed by atoms with Crippen LogP contribution in [-0.4, -0.2) is 67.5 Å². The van der Waals surface area contributed by atoms with Crippen LogP contribution in [0.1, 0.15) is 19.3 Å². The lowest BCUT2D eigenvalue weighted by Gasteiger charge is -2.34. The van der Waals surface area contributed by atoms with Crippen LogP contribution < -0.4 is 9.64 Å². The zero-order valence-corrected chi connectivity index (χ0v) is 18.4. The quantitative estimate of drug-likeness (QED) is 0.575. The SMILES string of the molecule is N#CCCN(C(=O)CCC(=O)N1CCN(CCOc2ccccc2)CC1)c1ccccc1. The van der Waals surface area contributed by atoms with Crippen LogP contribution in [0.5, 0.6) is 5.75 Å². The lowest BCUT2D eigenvalue weighted by molar-refractivity contribution is -0.134. The van der Waals surface area contributed by atoms with Gasteiger partial charge in [0.25, 0.3) is 0 Å². The second-order valence-corrected chi connectivity index (χ2v) is 7.67. The van der Waals surface area contributed by atoms with Gasteiger partial charge in [-0.25, -0.2) is 0 Å². The van der Waals surface area contributed by atoms with Crippen LogP contribution in [0.2, 0.25) is 0 Å². The average Bonchev–Trinajstić information content (AvgIpc) is 2.84. The van der Waals surface area contributed by atoms with Crippen LogP contribution in [0, 0.1) is 11.3 Å². The molecule has 1 saturated heterocycles. The van der Waals surface area contributed by atoms with Gasteiger partial charge in [0, 0.05) is 57.8 Å². The largest absolute Gasteiger partial charge is 0.492 e. The van der Waals surface area contributed by atoms with Crippen molar-refractivity contribution in [3.63, 3.8) is 0 Å². The molecule has 1 heterocycles. The summed E-state index contributed by atoms with van der Waals surface area (Å²) >= 11 is 0. The van der Waals surface area contributed by atoms with E-state index in [0.29, 0.717) is 26.2 Å². The number of anilines is 1. The fraction of sp³-hybridized carbons (Fsp3) is 0.400. The standard InChI is InChI=1S/C25H30N4O3/c26-14-7-15-29(22-8-3-1-4-9-22)25(31)13-12-24(30)28-18-16-27(17-19-28)20-21-32-23-10-5-2-6-11-23/h1-6,8-11H,7,12-13,15-21H2. The molecule has 0 saturated carbocycles. The number of ether oxygens (including phenoxy) is 1. The lowest BCUT2D eigenvalue weighted by Crippen LogP contribution is -2.49. The van der Waals surface area contributed by atoms with Crippen LogP contribution in [0.15, 0.2) is 60.7 Å². The molecule has 7 heteroatoms. The molecular formula is C25H30N4O3. The maximum absolute atomic E-state index is 12.7. The molecule has 0 radical (unpaired) electrons. The first-order valence-electron chi connectivity index (χ1n) is 11.1. The summed E-state index contributed by atoms with van der Waals surface area (Å²) in [5.74, 6) is 0.744. The van der Waals surface area contributed by atoms with Crippen LogP contribution >= 0.6 is 0 Å². The monoisotopic (exact) mass is 434 g/mol. The fourth-order valence-corrected chi connectivity index (χ4v) is 3.70. The number of para-hydroxylation sites is 2. The Balaban J connectivity index is 1.39. The van der Waals surface area contributed by atoms with E-state index in [9.17, 15) is 9.59 Å². The summed E-state index contributed by atoms with van der Waals surface area (Å²) in [6.07, 6.45) is 0.584. The molecule has 0 unspecified atom stereocenters. The van der Waals surface area contributed by atoms with Gasteiger partial charge < -0.3 is 14.5 Å². The number of nitriles is 1. The van der Waals surface area contributed by atoms with Crippen LogP contribution in [-0.2, 0) is 9.59 Å². The van der Waals surface area contributed by atoms with Gasteiger partial charge in [-0.1, -0.05) is 36.4 Å². The number of piperazine rings is 1. The van der Waals surface area contributed by atoms with Crippen molar-refractivity contribution in [2.75, 3.05) is 50.8 Å². The minimum atomic E-state index is -0.128. The van der Waals surface area contributed by atoms with E-state index in [2.05, 4.69) is 11.0 Å². The summed E-state index contributed by atoms with van der Waals surface area (Å²) in [6.45, 7) is 4.69. The van der Waals surface area contributed by atoms with Crippen molar-refractivity contribution in [3.05, 3.63) is 60.7 Å². The number of carbonyl (C=O) groups excluding carboxylic acids is 2. The molecule has 2 aromatic carbocycles. The Morgan fingerprint density at radius 3 is 2.25 bits per heavy atom. The Bertz CT molecular complexity index is 890. The number of rotatable bonds is 10. The van der Waals surface area contributed by atoms with Crippen LogP contribution in [0.3, 0.4) is 0 Å². The molecule has 0 spiro atoms. The summed E-state index contributed by atoms with van der Waals surface area (Å²) in [6, 6.07) is 21.1. The number of nitrogens with zero attached hydrogens (tertiary/aromatic N) is 4. The van der Waals surface area contributed by atoms with E-state index in [-0.39, 0.29) is 31.1 Å². The molecule has 0 aromatic heterocycles. The molecule has 32 heavy (non-hydrogen) atoms. The molecule has 7 nitrogen and oxygen atoms in total. The summed E-state index contributed by atoms with van der Waals surface area (Å²) in [7, 11) is 0. The first-order valence-corrected chi connectivity index (χ1v) is 11.1. The molecule has 0 N–H and O–H groups in total. The summed E-state index contributed by atoms with van der Waals surface area (Å²) in [5, 5.41) is 8.90. The van der Waals surface area contributed by atoms with Crippen molar-refractivity contribution in [2.45, 2.75) is 19.3 Å². The fourth-order valence-electron chi connectivity index (χ4n) is 3.70. The highest BCUT2D eigenvalue weighted by atomic mass is 16.5. The molecule has 168 valence electrons. The second kappa shape index (κ2) is 12.5. The van der Waals surface area contributed by atoms with Crippen molar-refractivity contribution < 1.29 is 14.3 Å². The Kier molecular flexibility index (Phi) is 9.08. The zero-order chi connectivity index (χ0) is 22.6. The van der Waals surface area contributed by atoms with E-state index in [0.717, 1.165) is 31.1 Å². The van der Waals surface area contributed by atoms with Gasteiger partial charge in [0.2, 0.25) is 11.8 Å². The van der Waals surface area contributed by atoms with Gasteiger partial charge in [0.15, 0.2) is 0 Å². The van der Waals surface area contributed by atoms with Crippen molar-refractivity contribution in [3.8, 4) is 11.8 Å². The van der Waals surface area contributed by atoms with E-state index < -0.39 is 0 Å². The molecule has 0 aliphatic carbocycles. The molecule has 0 bridgehead atoms. The molecular weight excluding hydrogens is 404 g/mol. The van der Waals surface area contributed by atoms with Crippen LogP contribution in [0.4, 0.5) is 5.69 Å². The van der Waals surface area contributed by atoms with Crippen LogP contribution in [0.25, 0.3) is 0 Å². The van der Waals surface area contributed by atoms with Gasteiger partial charge in [-0.05, 0) is 24.3 Å². The van der Waals surface area contributed by atoms with E-state index in [4.69, 9.17) is 10.00 Å². The van der Waals surface area contributed by atoms with E-state index in [1.807, 2.05) is 65.6 Å². The number of carbonyl (C=O) groups is 2. The third-order valence-corrected chi connectivity index (χ3v) is 5.51. The molecule has 1 aliphatic rings. The summed E-state index contributed by atoms with van der Waals surface area (Å²) in [5.41, 5.74) is 0.756. The number of hydrogen-bond acceptors (Lipinski definition) is 5. The third kappa shape index (κ3) is 7.10. The van der Waals surface area contributed by atoms with E-state index in [1.54, 1.807) is 4.90 Å². The van der Waals surface area contributed by atoms with Crippen molar-refractivity contribution in [2.24, 2.45) is 0 Å². The second-order valence-electron chi connectivity index (χ2n) is 7.67. The predicted octanol–water partition coefficient (Wildman–Crippen LogP) is 2.94. The molecule has 1 fully saturated rings. The van der Waals surface area contributed by atoms with Crippen molar-refractivity contribution in [1.82, 2.24) is 9.80 Å². The molecule has 1 aliphatic heterocycles. The molecule has 3 rings (SSSR count). The Hall–Kier alpha value is -3.37. The molecule has 2 aromatic rings. The van der Waals surface area contributed by atoms with Gasteiger partial charge in [-0.2, -0.15) is 5.26 Å². The number of hydrogen-bond donors (Lipinski definition) is 0. The average molecular weight is 435 g/mol. The third-order valence-electron chi connectivity index (χ3n) is 5.51. The summed E-state index contributed by atoms with van der Waals surface area (Å²) < 4.78 is 5.75. The van der Waals surface area contributed by atoms with Crippen molar-refractivity contribution >= 4 is 17.5 Å². The van der Waals surface area contributed by atoms with Gasteiger partial charge in [-0.3, -0.25) is 14.5 Å². The first-order chi connectivity index (χ1) is 15.7. The molecule has 0 atom stereocenters. The van der Waals surface area contributed by atoms with Gasteiger partial charge in [-0.15, -0.1) is 0 Å². The highest BCUT2D eigenvalue weighted by Gasteiger charge is 2.23. The zero-order valence-electron chi connectivity index (χ0n) is 18.4. The van der Waals surface area contributed by atoms with Gasteiger partial charge >= 0.3 is 0 Å². The highest BCUT2D eigenvalue weighted by Crippen LogP contribution is 2.16. The first kappa shape index (κ1) is 23.3. The number of amides is 2. The Morgan fingerprint density at radius 1 is 0.938 bits per heavy atom. The number of benzene rings is 2. The lowest BCUT2D eigenvalue weighted by atomic mass is 10.2. The van der Waals surface area contributed by atoms with Gasteiger partial charge in [0.05, 0.1) is 12.5 Å². The predicted molar refractivity (Wildman–Crippen MR) is 123 cm³/mol. The Morgan fingerprint density at radius 2 is 1.59 bits per heavy atom. The maximum atomic E-state index is 12.7. The van der Waals surface area contributed by atoms with E-state index in [1.165, 1.54) is 0 Å². The minimum Gasteiger partial charge on any atom is -0.492 e. The highest BCUT2D eigenvalue weighted by molar-refractivity contribution is 5.95. The minimum absolute atomic E-state index is 0.00632. The normalized spacial score (nSPS) is 13.9. The Labute approximate surface area is 189 Å². The van der Waals surface area contributed by atoms with Gasteiger partial charge in [0.1, 0.15) is 12.4 Å². The summed E-state index contributed by atoms with van der Waals surface area (Å²) in [4.78, 5) is 31.1. The molecule has 2 amide bonds. The van der Waals surface area contributed by atoms with E-state index >= 15 is 0 Å².